The minimum Gasteiger partial charge on any atom is -0.444 e. The van der Waals surface area contributed by atoms with E-state index in [1.54, 1.807) is 11.0 Å². The number of amides is 1. The Balaban J connectivity index is 1.72. The van der Waals surface area contributed by atoms with E-state index < -0.39 is 16.1 Å². The monoisotopic (exact) mass is 458 g/mol. The topological polar surface area (TPSA) is 91.4 Å². The standard InChI is InChI=1S/C20H31FN4O5S/c1-20(2,3)29-19(26)25-10-8-24(9-11-25)17-12-16(15-23-6-4-22-5-7-23)13-18(14-17)30-31(21,27)28/h12-14,22H,4-11,15H2,1-3H3. The molecule has 1 aromatic rings. The molecule has 174 valence electrons. The number of piperazine rings is 2. The van der Waals surface area contributed by atoms with Crippen LogP contribution in [-0.2, 0) is 21.8 Å². The van der Waals surface area contributed by atoms with E-state index in [0.717, 1.165) is 37.4 Å². The van der Waals surface area contributed by atoms with Gasteiger partial charge in [0.1, 0.15) is 11.4 Å². The van der Waals surface area contributed by atoms with E-state index in [9.17, 15) is 17.1 Å². The molecule has 0 radical (unpaired) electrons. The average molecular weight is 459 g/mol. The van der Waals surface area contributed by atoms with Crippen LogP contribution >= 0.6 is 0 Å². The number of nitrogens with one attached hydrogen (secondary N) is 1. The zero-order valence-corrected chi connectivity index (χ0v) is 19.1. The molecule has 0 aliphatic carbocycles. The van der Waals surface area contributed by atoms with Crippen molar-refractivity contribution in [2.45, 2.75) is 32.9 Å². The number of halogens is 1. The maximum absolute atomic E-state index is 13.2. The van der Waals surface area contributed by atoms with Crippen molar-refractivity contribution in [3.8, 4) is 5.75 Å². The molecule has 0 spiro atoms. The molecule has 31 heavy (non-hydrogen) atoms. The SMILES string of the molecule is CC(C)(C)OC(=O)N1CCN(c2cc(CN3CCNCC3)cc(OS(=O)(=O)F)c2)CC1. The van der Waals surface area contributed by atoms with E-state index in [0.29, 0.717) is 32.7 Å². The van der Waals surface area contributed by atoms with Gasteiger partial charge in [0.25, 0.3) is 0 Å². The zero-order valence-electron chi connectivity index (χ0n) is 18.3. The predicted octanol–water partition coefficient (Wildman–Crippen LogP) is 1.74. The fraction of sp³-hybridized carbons (Fsp3) is 0.650. The lowest BCUT2D eigenvalue weighted by Crippen LogP contribution is -2.50. The van der Waals surface area contributed by atoms with Crippen LogP contribution in [0.25, 0.3) is 0 Å². The van der Waals surface area contributed by atoms with Crippen LogP contribution in [0.5, 0.6) is 5.75 Å². The molecule has 9 nitrogen and oxygen atoms in total. The molecule has 2 aliphatic heterocycles. The number of rotatable bonds is 5. The maximum atomic E-state index is 13.2. The molecule has 2 aliphatic rings. The van der Waals surface area contributed by atoms with Crippen molar-refractivity contribution >= 4 is 22.3 Å². The maximum Gasteiger partial charge on any atom is 0.488 e. The number of carbonyl (C=O) groups excluding carboxylic acids is 1. The van der Waals surface area contributed by atoms with Gasteiger partial charge in [0.15, 0.2) is 0 Å². The van der Waals surface area contributed by atoms with Crippen LogP contribution in [-0.4, -0.2) is 82.3 Å². The summed E-state index contributed by atoms with van der Waals surface area (Å²) in [6.45, 7) is 11.6. The molecule has 0 bridgehead atoms. The molecule has 0 saturated carbocycles. The van der Waals surface area contributed by atoms with Crippen molar-refractivity contribution in [3.63, 3.8) is 0 Å². The third-order valence-corrected chi connectivity index (χ3v) is 5.45. The van der Waals surface area contributed by atoms with E-state index in [2.05, 4.69) is 14.4 Å². The molecule has 2 saturated heterocycles. The second-order valence-electron chi connectivity index (χ2n) is 8.79. The Morgan fingerprint density at radius 3 is 2.29 bits per heavy atom. The van der Waals surface area contributed by atoms with E-state index in [1.165, 1.54) is 6.07 Å². The van der Waals surface area contributed by atoms with Crippen LogP contribution in [0.3, 0.4) is 0 Å². The summed E-state index contributed by atoms with van der Waals surface area (Å²) in [5.74, 6) is -0.0558. The largest absolute Gasteiger partial charge is 0.488 e. The lowest BCUT2D eigenvalue weighted by atomic mass is 10.1. The van der Waals surface area contributed by atoms with Gasteiger partial charge < -0.3 is 24.0 Å². The number of hydrogen-bond acceptors (Lipinski definition) is 8. The molecule has 11 heteroatoms. The first kappa shape index (κ1) is 23.6. The Morgan fingerprint density at radius 1 is 1.06 bits per heavy atom. The highest BCUT2D eigenvalue weighted by Gasteiger charge is 2.26. The third kappa shape index (κ3) is 7.51. The number of carbonyl (C=O) groups is 1. The molecule has 0 aromatic heterocycles. The van der Waals surface area contributed by atoms with Gasteiger partial charge in [-0.25, -0.2) is 4.79 Å². The molecule has 2 fully saturated rings. The van der Waals surface area contributed by atoms with Crippen molar-refractivity contribution in [2.24, 2.45) is 0 Å². The van der Waals surface area contributed by atoms with Gasteiger partial charge in [-0.15, -0.1) is 0 Å². The lowest BCUT2D eigenvalue weighted by Gasteiger charge is -2.37. The zero-order chi connectivity index (χ0) is 22.6. The van der Waals surface area contributed by atoms with Crippen molar-refractivity contribution in [1.29, 1.82) is 0 Å². The Hall–Kier alpha value is -2.11. The third-order valence-electron chi connectivity index (χ3n) is 5.06. The smallest absolute Gasteiger partial charge is 0.444 e. The summed E-state index contributed by atoms with van der Waals surface area (Å²) in [4.78, 5) is 18.2. The Bertz CT molecular complexity index is 876. The first-order chi connectivity index (χ1) is 14.5. The molecule has 1 N–H and O–H groups in total. The molecular weight excluding hydrogens is 427 g/mol. The van der Waals surface area contributed by atoms with Crippen LogP contribution in [0.4, 0.5) is 14.4 Å². The summed E-state index contributed by atoms with van der Waals surface area (Å²) in [6.07, 6.45) is -0.354. The van der Waals surface area contributed by atoms with Crippen LogP contribution in [0.15, 0.2) is 18.2 Å². The first-order valence-corrected chi connectivity index (χ1v) is 11.7. The molecule has 3 rings (SSSR count). The van der Waals surface area contributed by atoms with Gasteiger partial charge >= 0.3 is 16.6 Å². The summed E-state index contributed by atoms with van der Waals surface area (Å²) in [6, 6.07) is 5.03. The quantitative estimate of drug-likeness (QED) is 0.668. The Morgan fingerprint density at radius 2 is 1.71 bits per heavy atom. The fourth-order valence-electron chi connectivity index (χ4n) is 3.68. The van der Waals surface area contributed by atoms with Crippen molar-refractivity contribution in [2.75, 3.05) is 57.3 Å². The van der Waals surface area contributed by atoms with Gasteiger partial charge in [-0.2, -0.15) is 8.42 Å². The summed E-state index contributed by atoms with van der Waals surface area (Å²) in [5.41, 5.74) is 1.01. The molecule has 1 amide bonds. The highest BCUT2D eigenvalue weighted by Crippen LogP contribution is 2.28. The molecule has 1 aromatic carbocycles. The highest BCUT2D eigenvalue weighted by atomic mass is 32.3. The number of hydrogen-bond donors (Lipinski definition) is 1. The molecule has 2 heterocycles. The van der Waals surface area contributed by atoms with Crippen molar-refractivity contribution in [3.05, 3.63) is 23.8 Å². The summed E-state index contributed by atoms with van der Waals surface area (Å²) >= 11 is 0. The van der Waals surface area contributed by atoms with Crippen LogP contribution in [0.2, 0.25) is 0 Å². The van der Waals surface area contributed by atoms with Gasteiger partial charge in [0.05, 0.1) is 0 Å². The van der Waals surface area contributed by atoms with Crippen LogP contribution in [0, 0.1) is 0 Å². The second kappa shape index (κ2) is 9.58. The number of benzene rings is 1. The highest BCUT2D eigenvalue weighted by molar-refractivity contribution is 7.81. The minimum atomic E-state index is -5.12. The Kier molecular flexibility index (Phi) is 7.28. The number of nitrogens with zero attached hydrogens (tertiary/aromatic N) is 3. The van der Waals surface area contributed by atoms with Crippen LogP contribution < -0.4 is 14.4 Å². The van der Waals surface area contributed by atoms with Gasteiger partial charge in [-0.05, 0) is 38.5 Å². The predicted molar refractivity (Wildman–Crippen MR) is 115 cm³/mol. The molecule has 0 unspecified atom stereocenters. The van der Waals surface area contributed by atoms with E-state index in [4.69, 9.17) is 4.74 Å². The number of ether oxygens (including phenoxy) is 1. The summed E-state index contributed by atoms with van der Waals surface area (Å²) in [7, 11) is -5.12. The van der Waals surface area contributed by atoms with E-state index >= 15 is 0 Å². The molecule has 0 atom stereocenters. The van der Waals surface area contributed by atoms with Gasteiger partial charge in [0, 0.05) is 70.7 Å². The van der Waals surface area contributed by atoms with Gasteiger partial charge in [-0.3, -0.25) is 4.90 Å². The van der Waals surface area contributed by atoms with E-state index in [1.807, 2.05) is 31.7 Å². The normalized spacial score (nSPS) is 18.7. The fourth-order valence-corrected chi connectivity index (χ4v) is 4.01. The van der Waals surface area contributed by atoms with Gasteiger partial charge in [0.2, 0.25) is 0 Å². The summed E-state index contributed by atoms with van der Waals surface area (Å²) in [5, 5.41) is 3.29. The minimum absolute atomic E-state index is 0.0558. The number of anilines is 1. The van der Waals surface area contributed by atoms with Crippen molar-refractivity contribution < 1.29 is 26.0 Å². The lowest BCUT2D eigenvalue weighted by molar-refractivity contribution is 0.0240. The van der Waals surface area contributed by atoms with Crippen molar-refractivity contribution in [1.82, 2.24) is 15.1 Å². The average Bonchev–Trinajstić information content (AvgIpc) is 2.66. The second-order valence-corrected chi connectivity index (χ2v) is 9.75. The Labute approximate surface area is 183 Å². The molecular formula is C20H31FN4O5S. The van der Waals surface area contributed by atoms with Crippen LogP contribution in [0.1, 0.15) is 26.3 Å². The van der Waals surface area contributed by atoms with E-state index in [-0.39, 0.29) is 11.8 Å². The first-order valence-electron chi connectivity index (χ1n) is 10.4. The summed E-state index contributed by atoms with van der Waals surface area (Å²) < 4.78 is 45.2. The van der Waals surface area contributed by atoms with Gasteiger partial charge in [-0.1, -0.05) is 3.89 Å².